The smallest absolute Gasteiger partial charge is 0.0244 e. The van der Waals surface area contributed by atoms with Crippen molar-refractivity contribution in [2.45, 2.75) is 46.2 Å². The maximum atomic E-state index is 3.72. The zero-order valence-corrected chi connectivity index (χ0v) is 12.9. The Kier molecular flexibility index (Phi) is 4.35. The van der Waals surface area contributed by atoms with E-state index in [-0.39, 0.29) is 0 Å². The van der Waals surface area contributed by atoms with Crippen LogP contribution in [0.1, 0.15) is 34.1 Å². The molecule has 2 heterocycles. The molecule has 3 heteroatoms. The Bertz CT molecular complexity index is 271. The number of nitrogens with zero attached hydrogens (tertiary/aromatic N) is 2. The van der Waals surface area contributed by atoms with Crippen LogP contribution in [-0.4, -0.2) is 61.7 Å². The normalized spacial score (nSPS) is 36.2. The lowest BCUT2D eigenvalue weighted by Crippen LogP contribution is -2.60. The summed E-state index contributed by atoms with van der Waals surface area (Å²) in [5.74, 6) is 0.885. The molecule has 106 valence electrons. The highest BCUT2D eigenvalue weighted by atomic mass is 15.2. The first-order valence-corrected chi connectivity index (χ1v) is 7.52. The maximum Gasteiger partial charge on any atom is 0.0244 e. The SMILES string of the molecule is CC1CNC(C(C)(C)C)CN1CC1CCN(C)C1. The van der Waals surface area contributed by atoms with Gasteiger partial charge in [0.15, 0.2) is 0 Å². The van der Waals surface area contributed by atoms with E-state index in [1.807, 2.05) is 0 Å². The molecule has 2 fully saturated rings. The summed E-state index contributed by atoms with van der Waals surface area (Å²) in [6.07, 6.45) is 1.38. The van der Waals surface area contributed by atoms with Gasteiger partial charge in [0, 0.05) is 38.3 Å². The molecule has 3 atom stereocenters. The zero-order valence-electron chi connectivity index (χ0n) is 12.9. The number of piperazine rings is 1. The average molecular weight is 253 g/mol. The number of nitrogens with one attached hydrogen (secondary N) is 1. The van der Waals surface area contributed by atoms with Crippen LogP contribution in [0.15, 0.2) is 0 Å². The Labute approximate surface area is 113 Å². The largest absolute Gasteiger partial charge is 0.311 e. The minimum atomic E-state index is 0.366. The van der Waals surface area contributed by atoms with Gasteiger partial charge in [-0.1, -0.05) is 20.8 Å². The highest BCUT2D eigenvalue weighted by molar-refractivity contribution is 4.91. The molecule has 2 aliphatic heterocycles. The number of rotatable bonds is 2. The van der Waals surface area contributed by atoms with Crippen molar-refractivity contribution in [2.75, 3.05) is 39.8 Å². The van der Waals surface area contributed by atoms with E-state index in [1.165, 1.54) is 32.6 Å². The third-order valence-electron chi connectivity index (χ3n) is 4.73. The Morgan fingerprint density at radius 1 is 1.22 bits per heavy atom. The Morgan fingerprint density at radius 3 is 2.50 bits per heavy atom. The molecular formula is C15H31N3. The fourth-order valence-corrected chi connectivity index (χ4v) is 3.26. The van der Waals surface area contributed by atoms with Crippen molar-refractivity contribution < 1.29 is 0 Å². The van der Waals surface area contributed by atoms with E-state index in [1.54, 1.807) is 0 Å². The van der Waals surface area contributed by atoms with Crippen LogP contribution in [0, 0.1) is 11.3 Å². The van der Waals surface area contributed by atoms with Crippen molar-refractivity contribution in [3.8, 4) is 0 Å². The molecule has 0 amide bonds. The summed E-state index contributed by atoms with van der Waals surface area (Å²) >= 11 is 0. The molecule has 0 aliphatic carbocycles. The molecule has 0 aromatic heterocycles. The van der Waals surface area contributed by atoms with Gasteiger partial charge in [-0.25, -0.2) is 0 Å². The monoisotopic (exact) mass is 253 g/mol. The van der Waals surface area contributed by atoms with Gasteiger partial charge in [-0.05, 0) is 38.3 Å². The van der Waals surface area contributed by atoms with Crippen molar-refractivity contribution in [1.29, 1.82) is 0 Å². The molecule has 0 saturated carbocycles. The molecule has 2 rings (SSSR count). The van der Waals surface area contributed by atoms with Crippen LogP contribution in [0.25, 0.3) is 0 Å². The summed E-state index contributed by atoms with van der Waals surface area (Å²) in [7, 11) is 2.25. The van der Waals surface area contributed by atoms with E-state index in [0.717, 1.165) is 12.5 Å². The molecule has 2 aliphatic rings. The van der Waals surface area contributed by atoms with E-state index in [9.17, 15) is 0 Å². The number of hydrogen-bond acceptors (Lipinski definition) is 3. The Morgan fingerprint density at radius 2 is 1.94 bits per heavy atom. The summed E-state index contributed by atoms with van der Waals surface area (Å²) < 4.78 is 0. The van der Waals surface area contributed by atoms with Crippen LogP contribution >= 0.6 is 0 Å². The molecule has 3 unspecified atom stereocenters. The predicted octanol–water partition coefficient (Wildman–Crippen LogP) is 1.65. The van der Waals surface area contributed by atoms with Crippen LogP contribution in [0.3, 0.4) is 0 Å². The second-order valence-corrected chi connectivity index (χ2v) is 7.55. The fraction of sp³-hybridized carbons (Fsp3) is 1.00. The first kappa shape index (κ1) is 14.3. The van der Waals surface area contributed by atoms with Gasteiger partial charge in [0.1, 0.15) is 0 Å². The number of likely N-dealkylation sites (tertiary alicyclic amines) is 1. The summed E-state index contributed by atoms with van der Waals surface area (Å²) in [6, 6.07) is 1.32. The minimum absolute atomic E-state index is 0.366. The lowest BCUT2D eigenvalue weighted by atomic mass is 9.84. The quantitative estimate of drug-likeness (QED) is 0.807. The van der Waals surface area contributed by atoms with E-state index in [4.69, 9.17) is 0 Å². The van der Waals surface area contributed by atoms with E-state index >= 15 is 0 Å². The Hall–Kier alpha value is -0.120. The third kappa shape index (κ3) is 3.46. The van der Waals surface area contributed by atoms with Gasteiger partial charge in [-0.15, -0.1) is 0 Å². The second-order valence-electron chi connectivity index (χ2n) is 7.55. The van der Waals surface area contributed by atoms with E-state index in [0.29, 0.717) is 17.5 Å². The fourth-order valence-electron chi connectivity index (χ4n) is 3.26. The molecule has 1 N–H and O–H groups in total. The molecule has 2 saturated heterocycles. The lowest BCUT2D eigenvalue weighted by molar-refractivity contribution is 0.0807. The van der Waals surface area contributed by atoms with Crippen molar-refractivity contribution in [1.82, 2.24) is 15.1 Å². The first-order valence-electron chi connectivity index (χ1n) is 7.52. The summed E-state index contributed by atoms with van der Waals surface area (Å²) in [6.45, 7) is 15.6. The molecule has 0 bridgehead atoms. The van der Waals surface area contributed by atoms with Gasteiger partial charge in [-0.3, -0.25) is 4.90 Å². The zero-order chi connectivity index (χ0) is 13.3. The van der Waals surface area contributed by atoms with Crippen LogP contribution in [0.5, 0.6) is 0 Å². The first-order chi connectivity index (χ1) is 8.36. The minimum Gasteiger partial charge on any atom is -0.311 e. The van der Waals surface area contributed by atoms with Crippen LogP contribution in [0.2, 0.25) is 0 Å². The molecule has 0 aromatic carbocycles. The molecule has 0 aromatic rings. The van der Waals surface area contributed by atoms with Gasteiger partial charge >= 0.3 is 0 Å². The third-order valence-corrected chi connectivity index (χ3v) is 4.73. The summed E-state index contributed by atoms with van der Waals surface area (Å²) in [5.41, 5.74) is 0.366. The van der Waals surface area contributed by atoms with Gasteiger partial charge in [0.25, 0.3) is 0 Å². The molecule has 0 radical (unpaired) electrons. The molecule has 0 spiro atoms. The van der Waals surface area contributed by atoms with Gasteiger partial charge < -0.3 is 10.2 Å². The van der Waals surface area contributed by atoms with Gasteiger partial charge in [0.2, 0.25) is 0 Å². The van der Waals surface area contributed by atoms with Crippen LogP contribution in [0.4, 0.5) is 0 Å². The summed E-state index contributed by atoms with van der Waals surface area (Å²) in [4.78, 5) is 5.19. The topological polar surface area (TPSA) is 18.5 Å². The summed E-state index contributed by atoms with van der Waals surface area (Å²) in [5, 5.41) is 3.72. The highest BCUT2D eigenvalue weighted by Gasteiger charge is 2.33. The molecule has 3 nitrogen and oxygen atoms in total. The predicted molar refractivity (Wildman–Crippen MR) is 77.9 cm³/mol. The standard InChI is InChI=1S/C15H31N3/c1-12-8-16-14(15(2,3)4)11-18(12)10-13-6-7-17(5)9-13/h12-14,16H,6-11H2,1-5H3. The molecular weight excluding hydrogens is 222 g/mol. The van der Waals surface area contributed by atoms with Gasteiger partial charge in [-0.2, -0.15) is 0 Å². The second kappa shape index (κ2) is 5.48. The number of hydrogen-bond donors (Lipinski definition) is 1. The van der Waals surface area contributed by atoms with E-state index < -0.39 is 0 Å². The van der Waals surface area contributed by atoms with Crippen LogP contribution < -0.4 is 5.32 Å². The van der Waals surface area contributed by atoms with E-state index in [2.05, 4.69) is 49.9 Å². The van der Waals surface area contributed by atoms with Crippen molar-refractivity contribution in [3.05, 3.63) is 0 Å². The van der Waals surface area contributed by atoms with Crippen molar-refractivity contribution in [2.24, 2.45) is 11.3 Å². The lowest BCUT2D eigenvalue weighted by Gasteiger charge is -2.44. The van der Waals surface area contributed by atoms with Gasteiger partial charge in [0.05, 0.1) is 0 Å². The maximum absolute atomic E-state index is 3.72. The molecule has 18 heavy (non-hydrogen) atoms. The van der Waals surface area contributed by atoms with Crippen molar-refractivity contribution in [3.63, 3.8) is 0 Å². The van der Waals surface area contributed by atoms with Crippen molar-refractivity contribution >= 4 is 0 Å². The highest BCUT2D eigenvalue weighted by Crippen LogP contribution is 2.25. The van der Waals surface area contributed by atoms with Crippen LogP contribution in [-0.2, 0) is 0 Å². The Balaban J connectivity index is 1.89. The average Bonchev–Trinajstić information content (AvgIpc) is 2.66.